The second-order valence-electron chi connectivity index (χ2n) is 5.28. The van der Waals surface area contributed by atoms with Gasteiger partial charge in [0.2, 0.25) is 0 Å². The van der Waals surface area contributed by atoms with Gasteiger partial charge in [-0.1, -0.05) is 27.2 Å². The lowest BCUT2D eigenvalue weighted by Gasteiger charge is -2.21. The van der Waals surface area contributed by atoms with E-state index in [0.717, 1.165) is 23.7 Å². The minimum Gasteiger partial charge on any atom is -0.382 e. The van der Waals surface area contributed by atoms with Gasteiger partial charge in [0.05, 0.1) is 0 Å². The highest BCUT2D eigenvalue weighted by Crippen LogP contribution is 2.19. The normalized spacial score (nSPS) is 13.4. The monoisotopic (exact) mass is 277 g/mol. The predicted octanol–water partition coefficient (Wildman–Crippen LogP) is 4.06. The van der Waals surface area contributed by atoms with Crippen molar-refractivity contribution in [1.82, 2.24) is 5.32 Å². The van der Waals surface area contributed by atoms with Crippen molar-refractivity contribution < 1.29 is 4.79 Å². The fourth-order valence-corrected chi connectivity index (χ4v) is 2.06. The van der Waals surface area contributed by atoms with Crippen molar-refractivity contribution in [1.29, 1.82) is 0 Å². The average Bonchev–Trinajstić information content (AvgIpc) is 2.48. The Kier molecular flexibility index (Phi) is 6.91. The summed E-state index contributed by atoms with van der Waals surface area (Å²) in [4.78, 5) is 11.2. The van der Waals surface area contributed by atoms with Crippen LogP contribution in [0.15, 0.2) is 24.3 Å². The molecule has 4 heteroatoms. The Bertz CT molecular complexity index is 403. The number of hydrogen-bond acceptors (Lipinski definition) is 2. The second kappa shape index (κ2) is 8.46. The Labute approximate surface area is 122 Å². The summed E-state index contributed by atoms with van der Waals surface area (Å²) in [6.45, 7) is 6.74. The van der Waals surface area contributed by atoms with Gasteiger partial charge in [-0.25, -0.2) is 4.79 Å². The maximum absolute atomic E-state index is 11.2. The van der Waals surface area contributed by atoms with Crippen LogP contribution in [0.5, 0.6) is 0 Å². The molecule has 112 valence electrons. The maximum atomic E-state index is 11.2. The zero-order chi connectivity index (χ0) is 15.0. The lowest BCUT2D eigenvalue weighted by Crippen LogP contribution is -2.24. The zero-order valence-electron chi connectivity index (χ0n) is 13.0. The minimum absolute atomic E-state index is 0.200. The third-order valence-electron chi connectivity index (χ3n) is 3.62. The van der Waals surface area contributed by atoms with Crippen molar-refractivity contribution in [3.63, 3.8) is 0 Å². The SMILES string of the molecule is CCC(C)CC(CC)Nc1ccc(NC(=O)NC)cc1. The summed E-state index contributed by atoms with van der Waals surface area (Å²) < 4.78 is 0. The number of benzene rings is 1. The molecule has 2 amide bonds. The van der Waals surface area contributed by atoms with E-state index in [1.165, 1.54) is 12.8 Å². The van der Waals surface area contributed by atoms with E-state index in [1.54, 1.807) is 7.05 Å². The van der Waals surface area contributed by atoms with Crippen molar-refractivity contribution in [2.75, 3.05) is 17.7 Å². The van der Waals surface area contributed by atoms with Crippen LogP contribution in [0.3, 0.4) is 0 Å². The van der Waals surface area contributed by atoms with Gasteiger partial charge in [-0.15, -0.1) is 0 Å². The van der Waals surface area contributed by atoms with Crippen LogP contribution in [-0.4, -0.2) is 19.1 Å². The second-order valence-corrected chi connectivity index (χ2v) is 5.28. The molecule has 20 heavy (non-hydrogen) atoms. The van der Waals surface area contributed by atoms with Crippen LogP contribution in [0.25, 0.3) is 0 Å². The number of nitrogens with one attached hydrogen (secondary N) is 3. The van der Waals surface area contributed by atoms with Crippen molar-refractivity contribution in [3.8, 4) is 0 Å². The van der Waals surface area contributed by atoms with Crippen molar-refractivity contribution in [2.24, 2.45) is 5.92 Å². The highest BCUT2D eigenvalue weighted by Gasteiger charge is 2.10. The predicted molar refractivity (Wildman–Crippen MR) is 86.3 cm³/mol. The van der Waals surface area contributed by atoms with Gasteiger partial charge in [-0.2, -0.15) is 0 Å². The summed E-state index contributed by atoms with van der Waals surface area (Å²) >= 11 is 0. The molecular weight excluding hydrogens is 250 g/mol. The molecule has 1 aromatic carbocycles. The zero-order valence-corrected chi connectivity index (χ0v) is 13.0. The highest BCUT2D eigenvalue weighted by atomic mass is 16.2. The average molecular weight is 277 g/mol. The standard InChI is InChI=1S/C16H27N3O/c1-5-12(3)11-13(6-2)18-14-7-9-15(10-8-14)19-16(20)17-4/h7-10,12-13,18H,5-6,11H2,1-4H3,(H2,17,19,20). The highest BCUT2D eigenvalue weighted by molar-refractivity contribution is 5.89. The van der Waals surface area contributed by atoms with Gasteiger partial charge in [0.1, 0.15) is 0 Å². The van der Waals surface area contributed by atoms with Gasteiger partial charge in [0.25, 0.3) is 0 Å². The van der Waals surface area contributed by atoms with E-state index in [4.69, 9.17) is 0 Å². The molecule has 4 nitrogen and oxygen atoms in total. The quantitative estimate of drug-likeness (QED) is 0.704. The summed E-state index contributed by atoms with van der Waals surface area (Å²) in [5, 5.41) is 8.84. The molecule has 2 atom stereocenters. The Morgan fingerprint density at radius 3 is 2.20 bits per heavy atom. The van der Waals surface area contributed by atoms with E-state index in [1.807, 2.05) is 24.3 Å². The number of rotatable bonds is 7. The van der Waals surface area contributed by atoms with E-state index in [-0.39, 0.29) is 6.03 Å². The van der Waals surface area contributed by atoms with Crippen LogP contribution in [0.1, 0.15) is 40.0 Å². The van der Waals surface area contributed by atoms with Gasteiger partial charge >= 0.3 is 6.03 Å². The molecule has 2 unspecified atom stereocenters. The summed E-state index contributed by atoms with van der Waals surface area (Å²) in [5.74, 6) is 0.738. The van der Waals surface area contributed by atoms with E-state index in [2.05, 4.69) is 36.7 Å². The minimum atomic E-state index is -0.200. The fourth-order valence-electron chi connectivity index (χ4n) is 2.06. The van der Waals surface area contributed by atoms with Crippen LogP contribution in [0.4, 0.5) is 16.2 Å². The van der Waals surface area contributed by atoms with E-state index in [0.29, 0.717) is 6.04 Å². The molecule has 0 heterocycles. The molecule has 0 aliphatic rings. The summed E-state index contributed by atoms with van der Waals surface area (Å²) in [7, 11) is 1.60. The molecule has 0 saturated carbocycles. The fraction of sp³-hybridized carbons (Fsp3) is 0.562. The lowest BCUT2D eigenvalue weighted by atomic mass is 9.97. The van der Waals surface area contributed by atoms with Crippen LogP contribution < -0.4 is 16.0 Å². The molecule has 0 aliphatic carbocycles. The molecule has 1 aromatic rings. The third kappa shape index (κ3) is 5.51. The molecule has 0 radical (unpaired) electrons. The summed E-state index contributed by atoms with van der Waals surface area (Å²) in [6.07, 6.45) is 3.51. The molecule has 3 N–H and O–H groups in total. The third-order valence-corrected chi connectivity index (χ3v) is 3.62. The molecular formula is C16H27N3O. The number of amides is 2. The molecule has 0 spiro atoms. The van der Waals surface area contributed by atoms with Crippen LogP contribution in [0, 0.1) is 5.92 Å². The van der Waals surface area contributed by atoms with Gasteiger partial charge in [0.15, 0.2) is 0 Å². The topological polar surface area (TPSA) is 53.2 Å². The van der Waals surface area contributed by atoms with E-state index >= 15 is 0 Å². The van der Waals surface area contributed by atoms with E-state index in [9.17, 15) is 4.79 Å². The molecule has 0 bridgehead atoms. The number of hydrogen-bond donors (Lipinski definition) is 3. The number of anilines is 2. The van der Waals surface area contributed by atoms with Crippen molar-refractivity contribution in [2.45, 2.75) is 46.1 Å². The largest absolute Gasteiger partial charge is 0.382 e. The molecule has 0 aromatic heterocycles. The summed E-state index contributed by atoms with van der Waals surface area (Å²) in [5.41, 5.74) is 1.90. The molecule has 1 rings (SSSR count). The first-order valence-electron chi connectivity index (χ1n) is 7.44. The molecule has 0 fully saturated rings. The Hall–Kier alpha value is -1.71. The smallest absolute Gasteiger partial charge is 0.318 e. The maximum Gasteiger partial charge on any atom is 0.318 e. The Morgan fingerprint density at radius 1 is 1.10 bits per heavy atom. The Morgan fingerprint density at radius 2 is 1.70 bits per heavy atom. The summed E-state index contributed by atoms with van der Waals surface area (Å²) in [6, 6.07) is 8.13. The van der Waals surface area contributed by atoms with Gasteiger partial charge in [-0.05, 0) is 43.0 Å². The van der Waals surface area contributed by atoms with Crippen molar-refractivity contribution >= 4 is 17.4 Å². The van der Waals surface area contributed by atoms with Crippen molar-refractivity contribution in [3.05, 3.63) is 24.3 Å². The van der Waals surface area contributed by atoms with Gasteiger partial charge in [0, 0.05) is 24.5 Å². The van der Waals surface area contributed by atoms with Crippen LogP contribution in [-0.2, 0) is 0 Å². The number of carbonyl (C=O) groups excluding carboxylic acids is 1. The van der Waals surface area contributed by atoms with E-state index < -0.39 is 0 Å². The first-order valence-corrected chi connectivity index (χ1v) is 7.44. The Balaban J connectivity index is 2.57. The van der Waals surface area contributed by atoms with Crippen LogP contribution in [0.2, 0.25) is 0 Å². The van der Waals surface area contributed by atoms with Gasteiger partial charge in [-0.3, -0.25) is 0 Å². The van der Waals surface area contributed by atoms with Crippen LogP contribution >= 0.6 is 0 Å². The lowest BCUT2D eigenvalue weighted by molar-refractivity contribution is 0.254. The molecule has 0 aliphatic heterocycles. The number of carbonyl (C=O) groups is 1. The molecule has 0 saturated heterocycles. The number of urea groups is 1. The first kappa shape index (κ1) is 16.3. The van der Waals surface area contributed by atoms with Gasteiger partial charge < -0.3 is 16.0 Å². The first-order chi connectivity index (χ1) is 9.58.